The van der Waals surface area contributed by atoms with E-state index < -0.39 is 11.9 Å². The molecular formula is C18H29NO3. The van der Waals surface area contributed by atoms with Crippen LogP contribution in [0.4, 0.5) is 5.69 Å². The zero-order valence-electron chi connectivity index (χ0n) is 14.0. The van der Waals surface area contributed by atoms with Gasteiger partial charge < -0.3 is 14.7 Å². The van der Waals surface area contributed by atoms with E-state index in [9.17, 15) is 9.90 Å². The number of rotatable bonds is 11. The number of carboxylic acid groups (broad SMARTS) is 1. The van der Waals surface area contributed by atoms with Crippen molar-refractivity contribution in [2.24, 2.45) is 5.92 Å². The van der Waals surface area contributed by atoms with E-state index in [4.69, 9.17) is 4.74 Å². The first-order chi connectivity index (χ1) is 10.6. The topological polar surface area (TPSA) is 49.8 Å². The van der Waals surface area contributed by atoms with Gasteiger partial charge in [-0.15, -0.1) is 0 Å². The molecule has 0 spiro atoms. The maximum Gasteiger partial charge on any atom is 0.308 e. The summed E-state index contributed by atoms with van der Waals surface area (Å²) in [6.45, 7) is 7.88. The van der Waals surface area contributed by atoms with Crippen LogP contribution in [0, 0.1) is 5.92 Å². The zero-order valence-corrected chi connectivity index (χ0v) is 14.0. The van der Waals surface area contributed by atoms with Gasteiger partial charge in [-0.05, 0) is 25.5 Å². The van der Waals surface area contributed by atoms with E-state index in [-0.39, 0.29) is 0 Å². The molecule has 0 aliphatic carbocycles. The predicted octanol–water partition coefficient (Wildman–Crippen LogP) is 4.19. The summed E-state index contributed by atoms with van der Waals surface area (Å²) in [6.07, 6.45) is 4.66. The van der Waals surface area contributed by atoms with E-state index >= 15 is 0 Å². The Morgan fingerprint density at radius 3 is 2.59 bits per heavy atom. The number of aliphatic carboxylic acids is 1. The highest BCUT2D eigenvalue weighted by Gasteiger charge is 2.18. The van der Waals surface area contributed by atoms with Crippen molar-refractivity contribution >= 4 is 11.7 Å². The fraction of sp³-hybridized carbons (Fsp3) is 0.611. The van der Waals surface area contributed by atoms with Gasteiger partial charge in [-0.1, -0.05) is 45.2 Å². The lowest BCUT2D eigenvalue weighted by Crippen LogP contribution is -2.33. The summed E-state index contributed by atoms with van der Waals surface area (Å²) in [5.74, 6) is -0.327. The highest BCUT2D eigenvalue weighted by Crippen LogP contribution is 2.29. The number of hydrogen-bond donors (Lipinski definition) is 1. The molecule has 0 saturated carbocycles. The van der Waals surface area contributed by atoms with Gasteiger partial charge in [-0.25, -0.2) is 0 Å². The highest BCUT2D eigenvalue weighted by molar-refractivity contribution is 5.71. The van der Waals surface area contributed by atoms with Crippen molar-refractivity contribution in [1.29, 1.82) is 0 Å². The van der Waals surface area contributed by atoms with Gasteiger partial charge in [-0.3, -0.25) is 4.79 Å². The molecule has 0 bridgehead atoms. The highest BCUT2D eigenvalue weighted by atomic mass is 16.5. The maximum atomic E-state index is 11.2. The van der Waals surface area contributed by atoms with Gasteiger partial charge in [0.1, 0.15) is 5.75 Å². The lowest BCUT2D eigenvalue weighted by molar-refractivity contribution is -0.140. The molecule has 0 aliphatic rings. The second-order valence-corrected chi connectivity index (χ2v) is 5.65. The summed E-state index contributed by atoms with van der Waals surface area (Å²) in [5, 5.41) is 9.20. The maximum absolute atomic E-state index is 11.2. The molecule has 1 rings (SSSR count). The molecule has 0 aromatic heterocycles. The van der Waals surface area contributed by atoms with Crippen LogP contribution in [0.2, 0.25) is 0 Å². The molecule has 1 N–H and O–H groups in total. The molecule has 0 amide bonds. The van der Waals surface area contributed by atoms with Gasteiger partial charge in [0.25, 0.3) is 0 Å². The van der Waals surface area contributed by atoms with E-state index in [1.165, 1.54) is 19.3 Å². The van der Waals surface area contributed by atoms with Crippen LogP contribution in [0.5, 0.6) is 5.75 Å². The van der Waals surface area contributed by atoms with Crippen LogP contribution in [0.1, 0.15) is 46.5 Å². The third-order valence-electron chi connectivity index (χ3n) is 3.70. The van der Waals surface area contributed by atoms with E-state index in [2.05, 4.69) is 11.8 Å². The second-order valence-electron chi connectivity index (χ2n) is 5.65. The monoisotopic (exact) mass is 307 g/mol. The summed E-state index contributed by atoms with van der Waals surface area (Å²) in [7, 11) is 0. The number of nitrogens with zero attached hydrogens (tertiary/aromatic N) is 1. The Morgan fingerprint density at radius 2 is 1.95 bits per heavy atom. The Bertz CT molecular complexity index is 448. The number of benzene rings is 1. The van der Waals surface area contributed by atoms with Gasteiger partial charge in [0.05, 0.1) is 18.2 Å². The van der Waals surface area contributed by atoms with Gasteiger partial charge in [0.15, 0.2) is 0 Å². The largest absolute Gasteiger partial charge is 0.492 e. The van der Waals surface area contributed by atoms with Crippen molar-refractivity contribution in [2.45, 2.75) is 46.5 Å². The standard InChI is InChI=1S/C18H29NO3/c1-4-6-7-10-13-19(14-15(3)18(20)21)16-11-8-9-12-17(16)22-5-2/h8-9,11-12,15H,4-7,10,13-14H2,1-3H3,(H,20,21). The van der Waals surface area contributed by atoms with E-state index in [1.807, 2.05) is 31.2 Å². The van der Waals surface area contributed by atoms with Crippen molar-refractivity contribution in [3.63, 3.8) is 0 Å². The molecule has 0 fully saturated rings. The number of para-hydroxylation sites is 2. The fourth-order valence-electron chi connectivity index (χ4n) is 2.44. The van der Waals surface area contributed by atoms with Crippen LogP contribution in [0.3, 0.4) is 0 Å². The van der Waals surface area contributed by atoms with E-state index in [1.54, 1.807) is 6.92 Å². The number of carbonyl (C=O) groups is 1. The lowest BCUT2D eigenvalue weighted by atomic mass is 10.1. The number of carboxylic acids is 1. The van der Waals surface area contributed by atoms with Crippen LogP contribution >= 0.6 is 0 Å². The number of unbranched alkanes of at least 4 members (excludes halogenated alkanes) is 3. The molecule has 0 heterocycles. The minimum atomic E-state index is -0.757. The van der Waals surface area contributed by atoms with Gasteiger partial charge in [-0.2, -0.15) is 0 Å². The van der Waals surface area contributed by atoms with Crippen molar-refractivity contribution in [1.82, 2.24) is 0 Å². The second kappa shape index (κ2) is 10.1. The minimum Gasteiger partial charge on any atom is -0.492 e. The molecule has 0 radical (unpaired) electrons. The third kappa shape index (κ3) is 5.96. The average molecular weight is 307 g/mol. The Hall–Kier alpha value is -1.71. The smallest absolute Gasteiger partial charge is 0.308 e. The van der Waals surface area contributed by atoms with Crippen LogP contribution in [0.25, 0.3) is 0 Å². The Morgan fingerprint density at radius 1 is 1.23 bits per heavy atom. The molecule has 1 aromatic carbocycles. The predicted molar refractivity (Wildman–Crippen MR) is 90.8 cm³/mol. The molecule has 124 valence electrons. The fourth-order valence-corrected chi connectivity index (χ4v) is 2.44. The molecule has 1 atom stereocenters. The summed E-state index contributed by atoms with van der Waals surface area (Å²) in [5.41, 5.74) is 0.994. The van der Waals surface area contributed by atoms with Crippen LogP contribution in [-0.2, 0) is 4.79 Å². The molecule has 0 aliphatic heterocycles. The van der Waals surface area contributed by atoms with E-state index in [0.29, 0.717) is 13.2 Å². The first kappa shape index (κ1) is 18.3. The van der Waals surface area contributed by atoms with E-state index in [0.717, 1.165) is 24.4 Å². The molecular weight excluding hydrogens is 278 g/mol. The molecule has 1 unspecified atom stereocenters. The quantitative estimate of drug-likeness (QED) is 0.623. The van der Waals surface area contributed by atoms with Gasteiger partial charge in [0.2, 0.25) is 0 Å². The Balaban J connectivity index is 2.85. The molecule has 0 saturated heterocycles. The van der Waals surface area contributed by atoms with Gasteiger partial charge >= 0.3 is 5.97 Å². The average Bonchev–Trinajstić information content (AvgIpc) is 2.51. The van der Waals surface area contributed by atoms with Gasteiger partial charge in [0, 0.05) is 13.1 Å². The third-order valence-corrected chi connectivity index (χ3v) is 3.70. The SMILES string of the molecule is CCCCCCN(CC(C)C(=O)O)c1ccccc1OCC. The molecule has 4 heteroatoms. The molecule has 22 heavy (non-hydrogen) atoms. The summed E-state index contributed by atoms with van der Waals surface area (Å²) >= 11 is 0. The van der Waals surface area contributed by atoms with Crippen molar-refractivity contribution in [2.75, 3.05) is 24.6 Å². The Kier molecular flexibility index (Phi) is 8.41. The van der Waals surface area contributed by atoms with Crippen molar-refractivity contribution in [3.8, 4) is 5.75 Å². The Labute approximate surface area is 134 Å². The summed E-state index contributed by atoms with van der Waals surface area (Å²) < 4.78 is 5.70. The minimum absolute atomic E-state index is 0.402. The summed E-state index contributed by atoms with van der Waals surface area (Å²) in [4.78, 5) is 13.3. The molecule has 1 aromatic rings. The van der Waals surface area contributed by atoms with Crippen LogP contribution in [0.15, 0.2) is 24.3 Å². The molecule has 4 nitrogen and oxygen atoms in total. The number of anilines is 1. The van der Waals surface area contributed by atoms with Crippen molar-refractivity contribution in [3.05, 3.63) is 24.3 Å². The first-order valence-electron chi connectivity index (χ1n) is 8.29. The zero-order chi connectivity index (χ0) is 16.4. The first-order valence-corrected chi connectivity index (χ1v) is 8.29. The number of ether oxygens (including phenoxy) is 1. The normalized spacial score (nSPS) is 12.0. The van der Waals surface area contributed by atoms with Crippen molar-refractivity contribution < 1.29 is 14.6 Å². The van der Waals surface area contributed by atoms with Crippen LogP contribution in [-0.4, -0.2) is 30.8 Å². The lowest BCUT2D eigenvalue weighted by Gasteiger charge is -2.28. The summed E-state index contributed by atoms with van der Waals surface area (Å²) in [6, 6.07) is 7.88. The van der Waals surface area contributed by atoms with Crippen LogP contribution < -0.4 is 9.64 Å². The number of hydrogen-bond acceptors (Lipinski definition) is 3.